The normalized spacial score (nSPS) is 16.5. The lowest BCUT2D eigenvalue weighted by atomic mass is 9.99. The number of rotatable bonds is 11. The fraction of sp³-hybridized carbons (Fsp3) is 0.515. The molecule has 1 atom stereocenters. The Kier molecular flexibility index (Phi) is 10.2. The molecule has 2 amide bonds. The zero-order chi connectivity index (χ0) is 31.2. The Hall–Kier alpha value is -3.96. The van der Waals surface area contributed by atoms with Crippen LogP contribution in [0.25, 0.3) is 0 Å². The van der Waals surface area contributed by atoms with E-state index in [1.165, 1.54) is 17.5 Å². The maximum Gasteiger partial charge on any atom is 0.251 e. The molecule has 2 aliphatic heterocycles. The molecule has 11 heteroatoms. The molecule has 11 nitrogen and oxygen atoms in total. The molecule has 2 aromatic heterocycles. The number of pyridine rings is 1. The lowest BCUT2D eigenvalue weighted by Gasteiger charge is -2.32. The lowest BCUT2D eigenvalue weighted by molar-refractivity contribution is -0.129. The second-order valence-corrected chi connectivity index (χ2v) is 12.2. The van der Waals surface area contributed by atoms with Crippen LogP contribution >= 0.6 is 0 Å². The highest BCUT2D eigenvalue weighted by Gasteiger charge is 2.23. The van der Waals surface area contributed by atoms with Crippen molar-refractivity contribution in [3.63, 3.8) is 0 Å². The van der Waals surface area contributed by atoms with Gasteiger partial charge in [0.15, 0.2) is 12.2 Å². The Labute approximate surface area is 259 Å². The molecule has 0 spiro atoms. The molecule has 0 radical (unpaired) electrons. The molecule has 0 bridgehead atoms. The summed E-state index contributed by atoms with van der Waals surface area (Å²) in [6.07, 6.45) is 3.24. The number of nitrogens with zero attached hydrogens (tertiary/aromatic N) is 4. The number of hydrogen-bond donors (Lipinski definition) is 3. The molecule has 0 saturated carbocycles. The van der Waals surface area contributed by atoms with Crippen LogP contribution in [0.2, 0.25) is 0 Å². The fourth-order valence-corrected chi connectivity index (χ4v) is 5.72. The van der Waals surface area contributed by atoms with Gasteiger partial charge in [0.25, 0.3) is 5.91 Å². The van der Waals surface area contributed by atoms with Crippen LogP contribution in [0.4, 0.5) is 5.82 Å². The summed E-state index contributed by atoms with van der Waals surface area (Å²) in [4.78, 5) is 37.7. The molecule has 1 saturated heterocycles. The summed E-state index contributed by atoms with van der Waals surface area (Å²) < 4.78 is 11.3. The number of anilines is 1. The van der Waals surface area contributed by atoms with Gasteiger partial charge in [-0.05, 0) is 67.5 Å². The first-order valence-electron chi connectivity index (χ1n) is 15.5. The zero-order valence-electron chi connectivity index (χ0n) is 26.1. The van der Waals surface area contributed by atoms with Gasteiger partial charge in [-0.25, -0.2) is 9.97 Å². The van der Waals surface area contributed by atoms with Crippen molar-refractivity contribution in [1.29, 1.82) is 0 Å². The third-order valence-corrected chi connectivity index (χ3v) is 8.44. The molecule has 3 aromatic rings. The maximum absolute atomic E-state index is 13.2. The average molecular weight is 605 g/mol. The SMILES string of the molecule is CC(=O)N1CCC(Nc2cc(C(=O)NC[C@H](O)CN3CCc4cc(OCc5ocnc5C)ccc4C3)cc(C(C)C)n2)CC1. The van der Waals surface area contributed by atoms with Gasteiger partial charge in [0.1, 0.15) is 18.2 Å². The number of fused-ring (bicyclic) bond motifs is 1. The van der Waals surface area contributed by atoms with E-state index in [0.717, 1.165) is 55.2 Å². The molecule has 4 heterocycles. The molecule has 1 fully saturated rings. The van der Waals surface area contributed by atoms with E-state index in [9.17, 15) is 14.7 Å². The van der Waals surface area contributed by atoms with E-state index in [4.69, 9.17) is 14.1 Å². The highest BCUT2D eigenvalue weighted by molar-refractivity contribution is 5.95. The molecule has 5 rings (SSSR count). The van der Waals surface area contributed by atoms with Crippen molar-refractivity contribution in [3.8, 4) is 5.75 Å². The Bertz CT molecular complexity index is 1450. The number of aliphatic hydroxyl groups is 1. The highest BCUT2D eigenvalue weighted by Crippen LogP contribution is 2.25. The summed E-state index contributed by atoms with van der Waals surface area (Å²) in [7, 11) is 0. The summed E-state index contributed by atoms with van der Waals surface area (Å²) in [6.45, 7) is 11.5. The first kappa shape index (κ1) is 31.5. The third-order valence-electron chi connectivity index (χ3n) is 8.44. The topological polar surface area (TPSA) is 133 Å². The molecule has 0 unspecified atom stereocenters. The molecule has 0 aliphatic carbocycles. The van der Waals surface area contributed by atoms with Gasteiger partial charge >= 0.3 is 0 Å². The molecule has 236 valence electrons. The van der Waals surface area contributed by atoms with Crippen LogP contribution < -0.4 is 15.4 Å². The van der Waals surface area contributed by atoms with E-state index >= 15 is 0 Å². The van der Waals surface area contributed by atoms with Gasteiger partial charge in [0.2, 0.25) is 5.91 Å². The second kappa shape index (κ2) is 14.2. The number of β-amino-alcohol motifs (C(OH)–C–C–N with tert-alkyl or cyclic N) is 1. The number of hydrogen-bond acceptors (Lipinski definition) is 9. The molecule has 1 aromatic carbocycles. The summed E-state index contributed by atoms with van der Waals surface area (Å²) in [5.74, 6) is 2.19. The Morgan fingerprint density at radius 2 is 1.93 bits per heavy atom. The number of carbonyl (C=O) groups excluding carboxylic acids is 2. The van der Waals surface area contributed by atoms with Crippen molar-refractivity contribution in [2.45, 2.75) is 78.2 Å². The van der Waals surface area contributed by atoms with Crippen LogP contribution in [0.15, 0.2) is 41.1 Å². The van der Waals surface area contributed by atoms with Crippen LogP contribution in [-0.4, -0.2) is 81.6 Å². The number of ether oxygens (including phenoxy) is 1. The van der Waals surface area contributed by atoms with E-state index in [0.29, 0.717) is 37.6 Å². The number of nitrogens with one attached hydrogen (secondary N) is 2. The summed E-state index contributed by atoms with van der Waals surface area (Å²) in [5.41, 5.74) is 4.62. The number of likely N-dealkylation sites (tertiary alicyclic amines) is 1. The number of oxazole rings is 1. The number of aliphatic hydroxyl groups excluding tert-OH is 1. The maximum atomic E-state index is 13.2. The van der Waals surface area contributed by atoms with Crippen LogP contribution in [0.5, 0.6) is 5.75 Å². The number of benzene rings is 1. The first-order valence-corrected chi connectivity index (χ1v) is 15.5. The van der Waals surface area contributed by atoms with Crippen LogP contribution in [0.1, 0.15) is 78.2 Å². The smallest absolute Gasteiger partial charge is 0.251 e. The number of aromatic nitrogens is 2. The average Bonchev–Trinajstić information content (AvgIpc) is 3.43. The minimum atomic E-state index is -0.705. The molecular weight excluding hydrogens is 560 g/mol. The fourth-order valence-electron chi connectivity index (χ4n) is 5.72. The van der Waals surface area contributed by atoms with Gasteiger partial charge in [0.05, 0.1) is 11.8 Å². The van der Waals surface area contributed by atoms with Gasteiger partial charge < -0.3 is 29.8 Å². The standard InChI is InChI=1S/C33H44N6O5/c1-21(2)30-14-26(15-32(37-30)36-27-8-11-39(12-9-27)23(4)40)33(42)34-16-28(41)18-38-10-7-24-13-29(6-5-25(24)17-38)43-19-31-22(3)35-20-44-31/h5-6,13-15,20-21,27-28,41H,7-12,16-19H2,1-4H3,(H,34,42)(H,36,37)/t28-/m0/s1. The van der Waals surface area contributed by atoms with E-state index in [2.05, 4.69) is 32.7 Å². The van der Waals surface area contributed by atoms with Gasteiger partial charge in [-0.3, -0.25) is 14.5 Å². The quantitative estimate of drug-likeness (QED) is 0.300. The Morgan fingerprint density at radius 1 is 1.14 bits per heavy atom. The molecule has 3 N–H and O–H groups in total. The van der Waals surface area contributed by atoms with E-state index in [1.54, 1.807) is 13.0 Å². The van der Waals surface area contributed by atoms with E-state index in [1.807, 2.05) is 37.8 Å². The van der Waals surface area contributed by atoms with Gasteiger partial charge in [-0.15, -0.1) is 0 Å². The predicted octanol–water partition coefficient (Wildman–Crippen LogP) is 3.65. The first-order chi connectivity index (χ1) is 21.1. The Morgan fingerprint density at radius 3 is 2.64 bits per heavy atom. The van der Waals surface area contributed by atoms with Crippen molar-refractivity contribution in [2.24, 2.45) is 0 Å². The van der Waals surface area contributed by atoms with Gasteiger partial charge in [0, 0.05) is 63.5 Å². The van der Waals surface area contributed by atoms with Crippen LogP contribution in [-0.2, 0) is 24.4 Å². The van der Waals surface area contributed by atoms with Crippen molar-refractivity contribution in [1.82, 2.24) is 25.1 Å². The molecular formula is C33H44N6O5. The minimum Gasteiger partial charge on any atom is -0.486 e. The lowest BCUT2D eigenvalue weighted by Crippen LogP contribution is -2.42. The Balaban J connectivity index is 1.11. The van der Waals surface area contributed by atoms with Gasteiger partial charge in [-0.2, -0.15) is 0 Å². The third kappa shape index (κ3) is 8.15. The largest absolute Gasteiger partial charge is 0.486 e. The molecule has 44 heavy (non-hydrogen) atoms. The van der Waals surface area contributed by atoms with Crippen molar-refractivity contribution < 1.29 is 23.8 Å². The minimum absolute atomic E-state index is 0.101. The summed E-state index contributed by atoms with van der Waals surface area (Å²) in [6, 6.07) is 9.90. The van der Waals surface area contributed by atoms with Crippen molar-refractivity contribution in [3.05, 3.63) is 70.6 Å². The van der Waals surface area contributed by atoms with E-state index in [-0.39, 0.29) is 30.3 Å². The summed E-state index contributed by atoms with van der Waals surface area (Å²) >= 11 is 0. The van der Waals surface area contributed by atoms with Gasteiger partial charge in [-0.1, -0.05) is 19.9 Å². The van der Waals surface area contributed by atoms with Crippen molar-refractivity contribution in [2.75, 3.05) is 38.0 Å². The monoisotopic (exact) mass is 604 g/mol. The van der Waals surface area contributed by atoms with Crippen LogP contribution in [0.3, 0.4) is 0 Å². The number of amides is 2. The number of piperidine rings is 1. The number of carbonyl (C=O) groups is 2. The van der Waals surface area contributed by atoms with E-state index < -0.39 is 6.10 Å². The molecule has 2 aliphatic rings. The highest BCUT2D eigenvalue weighted by atomic mass is 16.5. The number of aryl methyl sites for hydroxylation is 1. The van der Waals surface area contributed by atoms with Crippen LogP contribution in [0, 0.1) is 6.92 Å². The second-order valence-electron chi connectivity index (χ2n) is 12.2. The predicted molar refractivity (Wildman–Crippen MR) is 167 cm³/mol. The van der Waals surface area contributed by atoms with Crippen molar-refractivity contribution >= 4 is 17.6 Å². The zero-order valence-corrected chi connectivity index (χ0v) is 26.1. The summed E-state index contributed by atoms with van der Waals surface area (Å²) in [5, 5.41) is 17.2.